The summed E-state index contributed by atoms with van der Waals surface area (Å²) in [7, 11) is 0. The van der Waals surface area contributed by atoms with Gasteiger partial charge >= 0.3 is 6.18 Å². The van der Waals surface area contributed by atoms with Crippen molar-refractivity contribution in [2.24, 2.45) is 5.41 Å². The molecule has 0 aliphatic carbocycles. The summed E-state index contributed by atoms with van der Waals surface area (Å²) in [6.45, 7) is 11.1. The first-order valence-corrected chi connectivity index (χ1v) is 6.82. The van der Waals surface area contributed by atoms with E-state index in [1.807, 2.05) is 0 Å². The second kappa shape index (κ2) is 6.27. The number of nitrogens with one attached hydrogen (secondary N) is 1. The van der Waals surface area contributed by atoms with Gasteiger partial charge in [-0.05, 0) is 11.8 Å². The van der Waals surface area contributed by atoms with Gasteiger partial charge in [0.1, 0.15) is 0 Å². The minimum absolute atomic E-state index is 0.0633. The molecule has 2 nitrogen and oxygen atoms in total. The van der Waals surface area contributed by atoms with Gasteiger partial charge in [-0.1, -0.05) is 33.8 Å². The lowest BCUT2D eigenvalue weighted by atomic mass is 9.91. The summed E-state index contributed by atoms with van der Waals surface area (Å²) in [5.41, 5.74) is -0.310. The topological polar surface area (TPSA) is 15.3 Å². The van der Waals surface area contributed by atoms with E-state index in [1.165, 1.54) is 6.08 Å². The number of rotatable bonds is 5. The molecule has 1 rings (SSSR count). The molecule has 0 aromatic rings. The van der Waals surface area contributed by atoms with Crippen LogP contribution in [0.2, 0.25) is 0 Å². The van der Waals surface area contributed by atoms with E-state index in [1.54, 1.807) is 0 Å². The summed E-state index contributed by atoms with van der Waals surface area (Å²) in [6, 6.07) is 0.428. The van der Waals surface area contributed by atoms with Crippen LogP contribution in [0.4, 0.5) is 13.2 Å². The maximum absolute atomic E-state index is 12.5. The van der Waals surface area contributed by atoms with Crippen LogP contribution in [0.25, 0.3) is 0 Å². The largest absolute Gasteiger partial charge is 0.412 e. The van der Waals surface area contributed by atoms with E-state index in [0.717, 1.165) is 13.1 Å². The standard InChI is InChI=1S/C14H25F3N2/c1-11(2)18-9-13(3,4)10-19-7-5-12(6-8-19)14(15,16)17/h5,11,18H,6-10H2,1-4H3. The van der Waals surface area contributed by atoms with Gasteiger partial charge in [-0.2, -0.15) is 13.2 Å². The van der Waals surface area contributed by atoms with Crippen LogP contribution in [-0.2, 0) is 0 Å². The van der Waals surface area contributed by atoms with Crippen molar-refractivity contribution in [1.29, 1.82) is 0 Å². The minimum Gasteiger partial charge on any atom is -0.314 e. The van der Waals surface area contributed by atoms with Gasteiger partial charge < -0.3 is 5.32 Å². The quantitative estimate of drug-likeness (QED) is 0.777. The normalized spacial score (nSPS) is 18.8. The molecule has 0 saturated heterocycles. The van der Waals surface area contributed by atoms with Gasteiger partial charge in [0.05, 0.1) is 0 Å². The van der Waals surface area contributed by atoms with Crippen LogP contribution >= 0.6 is 0 Å². The third-order valence-corrected chi connectivity index (χ3v) is 3.30. The van der Waals surface area contributed by atoms with Gasteiger partial charge in [-0.3, -0.25) is 4.90 Å². The fraction of sp³-hybridized carbons (Fsp3) is 0.857. The highest BCUT2D eigenvalue weighted by molar-refractivity contribution is 5.13. The summed E-state index contributed by atoms with van der Waals surface area (Å²) >= 11 is 0. The van der Waals surface area contributed by atoms with Gasteiger partial charge in [-0.25, -0.2) is 0 Å². The van der Waals surface area contributed by atoms with E-state index in [9.17, 15) is 13.2 Å². The SMILES string of the molecule is CC(C)NCC(C)(C)CN1CC=C(C(F)(F)F)CC1. The zero-order valence-corrected chi connectivity index (χ0v) is 12.3. The van der Waals surface area contributed by atoms with Crippen LogP contribution in [0.1, 0.15) is 34.1 Å². The molecule has 5 heteroatoms. The van der Waals surface area contributed by atoms with E-state index >= 15 is 0 Å². The Balaban J connectivity index is 2.46. The lowest BCUT2D eigenvalue weighted by Crippen LogP contribution is -2.44. The molecule has 19 heavy (non-hydrogen) atoms. The van der Waals surface area contributed by atoms with Gasteiger partial charge in [0, 0.05) is 37.8 Å². The Morgan fingerprint density at radius 3 is 2.37 bits per heavy atom. The lowest BCUT2D eigenvalue weighted by molar-refractivity contribution is -0.0962. The molecular formula is C14H25F3N2. The molecule has 0 atom stereocenters. The molecule has 1 heterocycles. The highest BCUT2D eigenvalue weighted by atomic mass is 19.4. The molecule has 0 bridgehead atoms. The van der Waals surface area contributed by atoms with Gasteiger partial charge in [0.2, 0.25) is 0 Å². The number of hydrogen-bond donors (Lipinski definition) is 1. The molecule has 0 saturated carbocycles. The van der Waals surface area contributed by atoms with E-state index in [0.29, 0.717) is 19.1 Å². The Kier molecular flexibility index (Phi) is 5.44. The average Bonchev–Trinajstić information content (AvgIpc) is 2.25. The smallest absolute Gasteiger partial charge is 0.314 e. The zero-order valence-electron chi connectivity index (χ0n) is 12.3. The van der Waals surface area contributed by atoms with Crippen LogP contribution in [0.3, 0.4) is 0 Å². The van der Waals surface area contributed by atoms with E-state index in [2.05, 4.69) is 37.9 Å². The molecule has 1 aliphatic heterocycles. The summed E-state index contributed by atoms with van der Waals surface area (Å²) < 4.78 is 37.6. The molecule has 0 amide bonds. The third kappa shape index (κ3) is 5.95. The second-order valence-corrected chi connectivity index (χ2v) is 6.41. The number of halogens is 3. The lowest BCUT2D eigenvalue weighted by Gasteiger charge is -2.35. The molecule has 0 spiro atoms. The molecule has 0 radical (unpaired) electrons. The Hall–Kier alpha value is -0.550. The van der Waals surface area contributed by atoms with E-state index in [-0.39, 0.29) is 17.4 Å². The van der Waals surface area contributed by atoms with Crippen molar-refractivity contribution in [3.05, 3.63) is 11.6 Å². The summed E-state index contributed by atoms with van der Waals surface area (Å²) in [5.74, 6) is 0. The molecule has 0 aromatic heterocycles. The predicted molar refractivity (Wildman–Crippen MR) is 72.1 cm³/mol. The summed E-state index contributed by atoms with van der Waals surface area (Å²) in [5, 5.41) is 3.39. The van der Waals surface area contributed by atoms with Crippen LogP contribution < -0.4 is 5.32 Å². The maximum Gasteiger partial charge on any atom is 0.412 e. The Morgan fingerprint density at radius 2 is 1.95 bits per heavy atom. The van der Waals surface area contributed by atoms with Gasteiger partial charge in [0.25, 0.3) is 0 Å². The maximum atomic E-state index is 12.5. The van der Waals surface area contributed by atoms with Crippen LogP contribution in [-0.4, -0.2) is 43.3 Å². The Labute approximate surface area is 114 Å². The zero-order chi connectivity index (χ0) is 14.7. The van der Waals surface area contributed by atoms with Crippen molar-refractivity contribution < 1.29 is 13.2 Å². The summed E-state index contributed by atoms with van der Waals surface area (Å²) in [6.07, 6.45) is -2.71. The first-order chi connectivity index (χ1) is 8.60. The highest BCUT2D eigenvalue weighted by Crippen LogP contribution is 2.30. The van der Waals surface area contributed by atoms with Crippen LogP contribution in [0.15, 0.2) is 11.6 Å². The van der Waals surface area contributed by atoms with Crippen LogP contribution in [0, 0.1) is 5.41 Å². The van der Waals surface area contributed by atoms with E-state index < -0.39 is 6.18 Å². The Bertz CT molecular complexity index is 319. The Morgan fingerprint density at radius 1 is 1.32 bits per heavy atom. The molecule has 0 unspecified atom stereocenters. The van der Waals surface area contributed by atoms with Crippen molar-refractivity contribution in [2.75, 3.05) is 26.2 Å². The van der Waals surface area contributed by atoms with Crippen molar-refractivity contribution in [3.63, 3.8) is 0 Å². The molecule has 1 N–H and O–H groups in total. The van der Waals surface area contributed by atoms with Crippen molar-refractivity contribution >= 4 is 0 Å². The highest BCUT2D eigenvalue weighted by Gasteiger charge is 2.35. The van der Waals surface area contributed by atoms with Gasteiger partial charge in [-0.15, -0.1) is 0 Å². The monoisotopic (exact) mass is 278 g/mol. The third-order valence-electron chi connectivity index (χ3n) is 3.30. The van der Waals surface area contributed by atoms with Crippen LogP contribution in [0.5, 0.6) is 0 Å². The molecule has 1 aliphatic rings. The summed E-state index contributed by atoms with van der Waals surface area (Å²) in [4.78, 5) is 2.09. The van der Waals surface area contributed by atoms with E-state index in [4.69, 9.17) is 0 Å². The van der Waals surface area contributed by atoms with Crippen molar-refractivity contribution in [2.45, 2.75) is 46.3 Å². The molecular weight excluding hydrogens is 253 g/mol. The molecule has 0 fully saturated rings. The fourth-order valence-corrected chi connectivity index (χ4v) is 2.25. The number of nitrogens with zero attached hydrogens (tertiary/aromatic N) is 1. The first kappa shape index (κ1) is 16.5. The minimum atomic E-state index is -4.15. The van der Waals surface area contributed by atoms with Crippen molar-refractivity contribution in [3.8, 4) is 0 Å². The van der Waals surface area contributed by atoms with Crippen molar-refractivity contribution in [1.82, 2.24) is 10.2 Å². The van der Waals surface area contributed by atoms with Gasteiger partial charge in [0.15, 0.2) is 0 Å². The molecule has 112 valence electrons. The predicted octanol–water partition coefficient (Wildman–Crippen LogP) is 3.21. The second-order valence-electron chi connectivity index (χ2n) is 6.41. The number of alkyl halides is 3. The first-order valence-electron chi connectivity index (χ1n) is 6.82. The molecule has 0 aromatic carbocycles. The average molecular weight is 278 g/mol. The number of hydrogen-bond acceptors (Lipinski definition) is 2. The fourth-order valence-electron chi connectivity index (χ4n) is 2.25.